The minimum absolute atomic E-state index is 0.0508. The zero-order chi connectivity index (χ0) is 16.0. The maximum absolute atomic E-state index is 10.2. The molecule has 0 spiro atoms. The molecule has 0 aliphatic rings. The number of guanidine groups is 1. The first-order valence-corrected chi connectivity index (χ1v) is 6.52. The number of nitrogens with one attached hydrogen (secondary N) is 1. The lowest BCUT2D eigenvalue weighted by Gasteiger charge is -2.21. The van der Waals surface area contributed by atoms with Crippen molar-refractivity contribution in [2.24, 2.45) is 15.8 Å². The van der Waals surface area contributed by atoms with E-state index in [1.54, 1.807) is 6.08 Å². The van der Waals surface area contributed by atoms with Crippen LogP contribution in [0.5, 0.6) is 5.75 Å². The van der Waals surface area contributed by atoms with Gasteiger partial charge in [-0.05, 0) is 23.1 Å². The van der Waals surface area contributed by atoms with Gasteiger partial charge >= 0.3 is 0 Å². The molecule has 0 unspecified atom stereocenters. The molecule has 5 nitrogen and oxygen atoms in total. The Kier molecular flexibility index (Phi) is 5.30. The number of phenols is 1. The predicted octanol–water partition coefficient (Wildman–Crippen LogP) is 2.71. The Morgan fingerprint density at radius 1 is 1.29 bits per heavy atom. The van der Waals surface area contributed by atoms with Crippen molar-refractivity contribution in [2.75, 3.05) is 0 Å². The van der Waals surface area contributed by atoms with Gasteiger partial charge in [0.2, 0.25) is 5.96 Å². The van der Waals surface area contributed by atoms with Crippen LogP contribution >= 0.6 is 0 Å². The van der Waals surface area contributed by atoms with E-state index in [1.807, 2.05) is 12.1 Å². The second-order valence-corrected chi connectivity index (χ2v) is 5.52. The third-order valence-electron chi connectivity index (χ3n) is 2.87. The highest BCUT2D eigenvalue weighted by atomic mass is 16.3. The third-order valence-corrected chi connectivity index (χ3v) is 2.87. The number of benzene rings is 1. The molecule has 0 saturated carbocycles. The molecule has 0 aliphatic carbocycles. The summed E-state index contributed by atoms with van der Waals surface area (Å²) in [6.45, 7) is 13.4. The Hall–Kier alpha value is -2.56. The molecule has 1 aromatic carbocycles. The van der Waals surface area contributed by atoms with Crippen molar-refractivity contribution in [3.05, 3.63) is 48.2 Å². The van der Waals surface area contributed by atoms with Crippen LogP contribution in [0.4, 0.5) is 0 Å². The van der Waals surface area contributed by atoms with Gasteiger partial charge in [-0.1, -0.05) is 40.0 Å². The minimum Gasteiger partial charge on any atom is -0.507 e. The van der Waals surface area contributed by atoms with Gasteiger partial charge in [-0.3, -0.25) is 0 Å². The summed E-state index contributed by atoms with van der Waals surface area (Å²) in [7, 11) is 0. The van der Waals surface area contributed by atoms with Crippen LogP contribution in [0.3, 0.4) is 0 Å². The first kappa shape index (κ1) is 16.5. The van der Waals surface area contributed by atoms with Crippen molar-refractivity contribution >= 4 is 18.3 Å². The molecular weight excluding hydrogens is 264 g/mol. The van der Waals surface area contributed by atoms with Gasteiger partial charge in [0.15, 0.2) is 0 Å². The zero-order valence-electron chi connectivity index (χ0n) is 12.7. The van der Waals surface area contributed by atoms with E-state index in [0.29, 0.717) is 11.1 Å². The molecule has 0 atom stereocenters. The van der Waals surface area contributed by atoms with Crippen molar-refractivity contribution in [1.29, 1.82) is 0 Å². The highest BCUT2D eigenvalue weighted by Crippen LogP contribution is 2.30. The number of nitrogens with zero attached hydrogens (tertiary/aromatic N) is 2. The number of hydrazone groups is 1. The summed E-state index contributed by atoms with van der Waals surface area (Å²) < 4.78 is 0. The second-order valence-electron chi connectivity index (χ2n) is 5.52. The second kappa shape index (κ2) is 6.74. The van der Waals surface area contributed by atoms with Gasteiger partial charge in [-0.25, -0.2) is 10.4 Å². The number of aliphatic imine (C=N–C) groups is 1. The van der Waals surface area contributed by atoms with Gasteiger partial charge in [0.25, 0.3) is 0 Å². The molecule has 0 radical (unpaired) electrons. The minimum atomic E-state index is -0.0508. The Bertz CT molecular complexity index is 595. The molecule has 0 saturated heterocycles. The topological polar surface area (TPSA) is 83.0 Å². The van der Waals surface area contributed by atoms with Crippen LogP contribution in [0.15, 0.2) is 41.6 Å². The molecule has 0 aliphatic heterocycles. The van der Waals surface area contributed by atoms with Crippen LogP contribution in [0.1, 0.15) is 37.5 Å². The van der Waals surface area contributed by atoms with Crippen LogP contribution in [0.25, 0.3) is 6.08 Å². The Morgan fingerprint density at radius 3 is 2.43 bits per heavy atom. The highest BCUT2D eigenvalue weighted by Gasteiger charge is 2.17. The van der Waals surface area contributed by atoms with Gasteiger partial charge < -0.3 is 10.8 Å². The number of nitrogens with two attached hydrogens (primary N) is 1. The molecule has 0 amide bonds. The number of phenolic OH excluding ortho intramolecular Hbond substituents is 1. The third kappa shape index (κ3) is 4.49. The molecule has 4 N–H and O–H groups in total. The lowest BCUT2D eigenvalue weighted by atomic mass is 9.85. The lowest BCUT2D eigenvalue weighted by molar-refractivity contribution is 0.472. The summed E-state index contributed by atoms with van der Waals surface area (Å²) in [5, 5.41) is 14.1. The Morgan fingerprint density at radius 2 is 1.90 bits per heavy atom. The quantitative estimate of drug-likeness (QED) is 0.452. The average molecular weight is 286 g/mol. The molecule has 5 heteroatoms. The SMILES string of the molecule is C=CN=C(N)NN=Cc1cc(C(C)(C)C)cc(C=C)c1O. The summed E-state index contributed by atoms with van der Waals surface area (Å²) in [6.07, 6.45) is 4.41. The van der Waals surface area contributed by atoms with E-state index in [1.165, 1.54) is 12.4 Å². The number of hydrogen-bond donors (Lipinski definition) is 3. The predicted molar refractivity (Wildman–Crippen MR) is 89.4 cm³/mol. The summed E-state index contributed by atoms with van der Waals surface area (Å²) in [6, 6.07) is 3.80. The number of aromatic hydroxyl groups is 1. The normalized spacial score (nSPS) is 12.4. The number of hydrogen-bond acceptors (Lipinski definition) is 3. The highest BCUT2D eigenvalue weighted by molar-refractivity contribution is 5.87. The maximum atomic E-state index is 10.2. The Balaban J connectivity index is 3.17. The van der Waals surface area contributed by atoms with E-state index < -0.39 is 0 Å². The summed E-state index contributed by atoms with van der Waals surface area (Å²) in [5.74, 6) is 0.249. The van der Waals surface area contributed by atoms with Gasteiger partial charge in [-0.15, -0.1) is 0 Å². The van der Waals surface area contributed by atoms with Crippen molar-refractivity contribution in [1.82, 2.24) is 5.43 Å². The van der Waals surface area contributed by atoms with E-state index in [-0.39, 0.29) is 17.1 Å². The van der Waals surface area contributed by atoms with Crippen LogP contribution in [-0.4, -0.2) is 17.3 Å². The first-order chi connectivity index (χ1) is 9.79. The standard InChI is InChI=1S/C16H22N4O/c1-6-11-8-13(16(3,4)5)9-12(14(11)21)10-19-20-15(17)18-7-2/h6-10,21H,1-2H2,3-5H3,(H3,17,18,20). The van der Waals surface area contributed by atoms with Crippen LogP contribution in [-0.2, 0) is 5.41 Å². The van der Waals surface area contributed by atoms with Crippen LogP contribution in [0, 0.1) is 0 Å². The molecule has 0 aromatic heterocycles. The molecule has 21 heavy (non-hydrogen) atoms. The van der Waals surface area contributed by atoms with Gasteiger partial charge in [0.1, 0.15) is 5.75 Å². The monoisotopic (exact) mass is 286 g/mol. The van der Waals surface area contributed by atoms with E-state index in [9.17, 15) is 5.11 Å². The maximum Gasteiger partial charge on any atom is 0.214 e. The van der Waals surface area contributed by atoms with Crippen molar-refractivity contribution in [3.8, 4) is 5.75 Å². The van der Waals surface area contributed by atoms with E-state index in [2.05, 4.69) is 49.4 Å². The largest absolute Gasteiger partial charge is 0.507 e. The summed E-state index contributed by atoms with van der Waals surface area (Å²) >= 11 is 0. The van der Waals surface area contributed by atoms with E-state index >= 15 is 0 Å². The summed E-state index contributed by atoms with van der Waals surface area (Å²) in [5.41, 5.74) is 10.3. The first-order valence-electron chi connectivity index (χ1n) is 6.52. The van der Waals surface area contributed by atoms with E-state index in [0.717, 1.165) is 5.56 Å². The van der Waals surface area contributed by atoms with Gasteiger partial charge in [-0.2, -0.15) is 5.10 Å². The summed E-state index contributed by atoms with van der Waals surface area (Å²) in [4.78, 5) is 3.72. The van der Waals surface area contributed by atoms with E-state index in [4.69, 9.17) is 5.73 Å². The zero-order valence-corrected chi connectivity index (χ0v) is 12.7. The van der Waals surface area contributed by atoms with Crippen molar-refractivity contribution in [2.45, 2.75) is 26.2 Å². The van der Waals surface area contributed by atoms with Gasteiger partial charge in [0.05, 0.1) is 6.21 Å². The molecule has 0 fully saturated rings. The van der Waals surface area contributed by atoms with Gasteiger partial charge in [0, 0.05) is 17.3 Å². The average Bonchev–Trinajstić information content (AvgIpc) is 2.39. The molecule has 112 valence electrons. The lowest BCUT2D eigenvalue weighted by Crippen LogP contribution is -2.26. The smallest absolute Gasteiger partial charge is 0.214 e. The fraction of sp³-hybridized carbons (Fsp3) is 0.250. The Labute approximate surface area is 125 Å². The van der Waals surface area contributed by atoms with Crippen LogP contribution in [0.2, 0.25) is 0 Å². The fourth-order valence-corrected chi connectivity index (χ4v) is 1.66. The fourth-order valence-electron chi connectivity index (χ4n) is 1.66. The number of rotatable bonds is 4. The molecule has 0 bridgehead atoms. The molecule has 1 rings (SSSR count). The molecular formula is C16H22N4O. The molecule has 1 aromatic rings. The van der Waals surface area contributed by atoms with Crippen molar-refractivity contribution in [3.63, 3.8) is 0 Å². The van der Waals surface area contributed by atoms with Crippen LogP contribution < -0.4 is 11.2 Å². The van der Waals surface area contributed by atoms with Crippen molar-refractivity contribution < 1.29 is 5.11 Å². The molecule has 0 heterocycles.